The van der Waals surface area contributed by atoms with E-state index in [1.165, 1.54) is 19.3 Å². The highest BCUT2D eigenvalue weighted by Gasteiger charge is 2.18. The lowest BCUT2D eigenvalue weighted by molar-refractivity contribution is -0.118. The zero-order valence-corrected chi connectivity index (χ0v) is 10.2. The molecule has 1 aromatic rings. The number of carbonyl (C=O) groups excluding carboxylic acids is 1. The van der Waals surface area contributed by atoms with Gasteiger partial charge in [-0.15, -0.1) is 0 Å². The molecule has 0 bridgehead atoms. The summed E-state index contributed by atoms with van der Waals surface area (Å²) in [5.74, 6) is 1.88. The SMILES string of the molecule is O=C1COc2ccc(CNCC3CCC3)nc2N1. The van der Waals surface area contributed by atoms with Gasteiger partial charge in [-0.2, -0.15) is 0 Å². The maximum atomic E-state index is 11.2. The molecule has 1 saturated carbocycles. The van der Waals surface area contributed by atoms with Crippen molar-refractivity contribution in [3.05, 3.63) is 17.8 Å². The predicted octanol–water partition coefficient (Wildman–Crippen LogP) is 1.30. The predicted molar refractivity (Wildman–Crippen MR) is 67.4 cm³/mol. The van der Waals surface area contributed by atoms with Gasteiger partial charge >= 0.3 is 0 Å². The van der Waals surface area contributed by atoms with Crippen molar-refractivity contribution in [1.82, 2.24) is 10.3 Å². The Morgan fingerprint density at radius 2 is 2.33 bits per heavy atom. The number of fused-ring (bicyclic) bond motifs is 1. The average Bonchev–Trinajstić information content (AvgIpc) is 2.32. The lowest BCUT2D eigenvalue weighted by atomic mass is 9.85. The maximum Gasteiger partial charge on any atom is 0.263 e. The molecule has 2 heterocycles. The molecule has 5 nitrogen and oxygen atoms in total. The van der Waals surface area contributed by atoms with Crippen molar-refractivity contribution in [2.75, 3.05) is 18.5 Å². The zero-order valence-electron chi connectivity index (χ0n) is 10.2. The third kappa shape index (κ3) is 2.46. The second-order valence-electron chi connectivity index (χ2n) is 4.91. The largest absolute Gasteiger partial charge is 0.480 e. The van der Waals surface area contributed by atoms with Crippen molar-refractivity contribution in [2.45, 2.75) is 25.8 Å². The number of anilines is 1. The second kappa shape index (κ2) is 4.94. The molecule has 18 heavy (non-hydrogen) atoms. The monoisotopic (exact) mass is 247 g/mol. The summed E-state index contributed by atoms with van der Waals surface area (Å²) in [6.45, 7) is 1.87. The fraction of sp³-hybridized carbons (Fsp3) is 0.538. The highest BCUT2D eigenvalue weighted by atomic mass is 16.5. The summed E-state index contributed by atoms with van der Waals surface area (Å²) in [4.78, 5) is 15.6. The van der Waals surface area contributed by atoms with Gasteiger partial charge in [0.25, 0.3) is 5.91 Å². The number of aromatic nitrogens is 1. The fourth-order valence-electron chi connectivity index (χ4n) is 2.20. The van der Waals surface area contributed by atoms with Crippen LogP contribution in [0.4, 0.5) is 5.82 Å². The summed E-state index contributed by atoms with van der Waals surface area (Å²) >= 11 is 0. The number of hydrogen-bond donors (Lipinski definition) is 2. The molecule has 0 unspecified atom stereocenters. The van der Waals surface area contributed by atoms with Gasteiger partial charge in [-0.05, 0) is 37.4 Å². The number of pyridine rings is 1. The van der Waals surface area contributed by atoms with Gasteiger partial charge in [0.15, 0.2) is 18.2 Å². The minimum atomic E-state index is -0.144. The normalized spacial score (nSPS) is 18.6. The van der Waals surface area contributed by atoms with Gasteiger partial charge in [0.1, 0.15) is 0 Å². The van der Waals surface area contributed by atoms with Crippen molar-refractivity contribution in [1.29, 1.82) is 0 Å². The Morgan fingerprint density at radius 1 is 1.44 bits per heavy atom. The van der Waals surface area contributed by atoms with Crippen LogP contribution >= 0.6 is 0 Å². The quantitative estimate of drug-likeness (QED) is 0.842. The maximum absolute atomic E-state index is 11.2. The molecule has 1 aliphatic carbocycles. The van der Waals surface area contributed by atoms with E-state index in [1.54, 1.807) is 0 Å². The molecule has 2 N–H and O–H groups in total. The Morgan fingerprint density at radius 3 is 3.11 bits per heavy atom. The highest BCUT2D eigenvalue weighted by molar-refractivity contribution is 5.94. The first-order valence-corrected chi connectivity index (χ1v) is 6.44. The molecule has 2 aliphatic rings. The van der Waals surface area contributed by atoms with Gasteiger partial charge in [0.2, 0.25) is 0 Å². The molecule has 5 heteroatoms. The van der Waals surface area contributed by atoms with E-state index >= 15 is 0 Å². The van der Waals surface area contributed by atoms with Crippen LogP contribution in [0.15, 0.2) is 12.1 Å². The van der Waals surface area contributed by atoms with E-state index < -0.39 is 0 Å². The molecular formula is C13H17N3O2. The van der Waals surface area contributed by atoms with Crippen LogP contribution in [-0.4, -0.2) is 24.0 Å². The molecule has 96 valence electrons. The molecule has 0 atom stereocenters. The summed E-state index contributed by atoms with van der Waals surface area (Å²) in [5.41, 5.74) is 0.930. The van der Waals surface area contributed by atoms with E-state index in [0.29, 0.717) is 11.6 Å². The highest BCUT2D eigenvalue weighted by Crippen LogP contribution is 2.26. The molecule has 3 rings (SSSR count). The molecule has 0 spiro atoms. The average molecular weight is 247 g/mol. The van der Waals surface area contributed by atoms with E-state index in [0.717, 1.165) is 24.7 Å². The first kappa shape index (κ1) is 11.5. The fourth-order valence-corrected chi connectivity index (χ4v) is 2.20. The lowest BCUT2D eigenvalue weighted by Crippen LogP contribution is -2.28. The van der Waals surface area contributed by atoms with E-state index in [2.05, 4.69) is 15.6 Å². The lowest BCUT2D eigenvalue weighted by Gasteiger charge is -2.25. The van der Waals surface area contributed by atoms with Gasteiger partial charge < -0.3 is 15.4 Å². The van der Waals surface area contributed by atoms with Crippen molar-refractivity contribution < 1.29 is 9.53 Å². The van der Waals surface area contributed by atoms with E-state index in [1.807, 2.05) is 12.1 Å². The van der Waals surface area contributed by atoms with Gasteiger partial charge in [0, 0.05) is 6.54 Å². The van der Waals surface area contributed by atoms with Crippen molar-refractivity contribution in [2.24, 2.45) is 5.92 Å². The number of amides is 1. The number of rotatable bonds is 4. The van der Waals surface area contributed by atoms with Gasteiger partial charge in [-0.1, -0.05) is 6.42 Å². The number of hydrogen-bond acceptors (Lipinski definition) is 4. The molecule has 1 aromatic heterocycles. The van der Waals surface area contributed by atoms with Crippen LogP contribution in [-0.2, 0) is 11.3 Å². The summed E-state index contributed by atoms with van der Waals surface area (Å²) in [7, 11) is 0. The number of nitrogens with zero attached hydrogens (tertiary/aromatic N) is 1. The Balaban J connectivity index is 1.58. The zero-order chi connectivity index (χ0) is 12.4. The van der Waals surface area contributed by atoms with Crippen LogP contribution in [0.5, 0.6) is 5.75 Å². The van der Waals surface area contributed by atoms with Crippen molar-refractivity contribution >= 4 is 11.7 Å². The van der Waals surface area contributed by atoms with E-state index in [-0.39, 0.29) is 12.5 Å². The van der Waals surface area contributed by atoms with Gasteiger partial charge in [-0.3, -0.25) is 4.79 Å². The van der Waals surface area contributed by atoms with Crippen LogP contribution in [0.25, 0.3) is 0 Å². The number of nitrogens with one attached hydrogen (secondary N) is 2. The standard InChI is InChI=1S/C13H17N3O2/c17-12-8-18-11-5-4-10(15-13(11)16-12)7-14-6-9-2-1-3-9/h4-5,9,14H,1-3,6-8H2,(H,15,16,17). The van der Waals surface area contributed by atoms with Crippen LogP contribution in [0.1, 0.15) is 25.0 Å². The summed E-state index contributed by atoms with van der Waals surface area (Å²) < 4.78 is 5.26. The third-order valence-electron chi connectivity index (χ3n) is 3.50. The van der Waals surface area contributed by atoms with Crippen LogP contribution < -0.4 is 15.4 Å². The number of carbonyl (C=O) groups is 1. The third-order valence-corrected chi connectivity index (χ3v) is 3.50. The second-order valence-corrected chi connectivity index (χ2v) is 4.91. The minimum Gasteiger partial charge on any atom is -0.480 e. The first-order chi connectivity index (χ1) is 8.81. The Labute approximate surface area is 106 Å². The first-order valence-electron chi connectivity index (χ1n) is 6.44. The van der Waals surface area contributed by atoms with E-state index in [4.69, 9.17) is 4.74 Å². The molecule has 1 aliphatic heterocycles. The van der Waals surface area contributed by atoms with Gasteiger partial charge in [0.05, 0.1) is 5.69 Å². The van der Waals surface area contributed by atoms with Crippen molar-refractivity contribution in [3.63, 3.8) is 0 Å². The summed E-state index contributed by atoms with van der Waals surface area (Å²) in [5, 5.41) is 6.12. The molecule has 1 amide bonds. The van der Waals surface area contributed by atoms with Crippen LogP contribution in [0.2, 0.25) is 0 Å². The molecular weight excluding hydrogens is 230 g/mol. The Bertz CT molecular complexity index is 458. The summed E-state index contributed by atoms with van der Waals surface area (Å²) in [6, 6.07) is 3.80. The van der Waals surface area contributed by atoms with Crippen molar-refractivity contribution in [3.8, 4) is 5.75 Å². The molecule has 0 aromatic carbocycles. The van der Waals surface area contributed by atoms with Crippen LogP contribution in [0, 0.1) is 5.92 Å². The van der Waals surface area contributed by atoms with E-state index in [9.17, 15) is 4.79 Å². The minimum absolute atomic E-state index is 0.0773. The molecule has 0 radical (unpaired) electrons. The Hall–Kier alpha value is -1.62. The van der Waals surface area contributed by atoms with Crippen LogP contribution in [0.3, 0.4) is 0 Å². The Kier molecular flexibility index (Phi) is 3.15. The molecule has 0 saturated heterocycles. The smallest absolute Gasteiger partial charge is 0.263 e. The summed E-state index contributed by atoms with van der Waals surface area (Å²) in [6.07, 6.45) is 4.05. The number of ether oxygens (including phenoxy) is 1. The topological polar surface area (TPSA) is 63.2 Å². The molecule has 1 fully saturated rings. The van der Waals surface area contributed by atoms with Gasteiger partial charge in [-0.25, -0.2) is 4.98 Å².